The van der Waals surface area contributed by atoms with Crippen LogP contribution in [-0.2, 0) is 9.59 Å². The number of carbonyl (C=O) groups excluding carboxylic acids is 2. The largest absolute Gasteiger partial charge is 0.497 e. The van der Waals surface area contributed by atoms with Crippen LogP contribution in [0.4, 0.5) is 11.4 Å². The Hall–Kier alpha value is -2.86. The Morgan fingerprint density at radius 1 is 1.00 bits per heavy atom. The van der Waals surface area contributed by atoms with Gasteiger partial charge >= 0.3 is 0 Å². The zero-order valence-electron chi connectivity index (χ0n) is 17.1. The fourth-order valence-electron chi connectivity index (χ4n) is 3.64. The van der Waals surface area contributed by atoms with Gasteiger partial charge in [-0.3, -0.25) is 14.5 Å². The maximum absolute atomic E-state index is 12.6. The van der Waals surface area contributed by atoms with E-state index in [0.29, 0.717) is 36.0 Å². The van der Waals surface area contributed by atoms with Crippen LogP contribution in [0.3, 0.4) is 0 Å². The summed E-state index contributed by atoms with van der Waals surface area (Å²) >= 11 is 0. The lowest BCUT2D eigenvalue weighted by molar-refractivity contribution is -0.118. The summed E-state index contributed by atoms with van der Waals surface area (Å²) in [5.74, 6) is 0.986. The Morgan fingerprint density at radius 2 is 1.69 bits per heavy atom. The minimum Gasteiger partial charge on any atom is -0.497 e. The molecule has 0 aliphatic carbocycles. The molecular formula is C23H29N3O3. The third-order valence-electron chi connectivity index (χ3n) is 5.32. The molecule has 1 aliphatic rings. The van der Waals surface area contributed by atoms with Gasteiger partial charge in [-0.2, -0.15) is 0 Å². The number of hydrogen-bond acceptors (Lipinski definition) is 4. The summed E-state index contributed by atoms with van der Waals surface area (Å²) in [6, 6.07) is 15.8. The smallest absolute Gasteiger partial charge is 0.238 e. The van der Waals surface area contributed by atoms with E-state index in [4.69, 9.17) is 4.74 Å². The molecule has 2 N–H and O–H groups in total. The molecule has 1 aliphatic heterocycles. The second-order valence-electron chi connectivity index (χ2n) is 7.32. The number of likely N-dealkylation sites (tertiary alicyclic amines) is 1. The van der Waals surface area contributed by atoms with Crippen molar-refractivity contribution < 1.29 is 14.3 Å². The van der Waals surface area contributed by atoms with Crippen LogP contribution in [0.5, 0.6) is 5.75 Å². The molecule has 1 fully saturated rings. The van der Waals surface area contributed by atoms with E-state index in [2.05, 4.69) is 39.8 Å². The third-order valence-corrected chi connectivity index (χ3v) is 5.32. The molecule has 6 heteroatoms. The summed E-state index contributed by atoms with van der Waals surface area (Å²) in [5, 5.41) is 5.75. The first-order valence-corrected chi connectivity index (χ1v) is 10.1. The predicted molar refractivity (Wildman–Crippen MR) is 115 cm³/mol. The molecule has 0 unspecified atom stereocenters. The number of anilines is 2. The summed E-state index contributed by atoms with van der Waals surface area (Å²) in [7, 11) is 1.57. The molecule has 0 aromatic heterocycles. The monoisotopic (exact) mass is 395 g/mol. The number of ether oxygens (including phenoxy) is 1. The maximum atomic E-state index is 12.6. The van der Waals surface area contributed by atoms with Gasteiger partial charge in [0.15, 0.2) is 0 Å². The highest BCUT2D eigenvalue weighted by molar-refractivity contribution is 6.00. The summed E-state index contributed by atoms with van der Waals surface area (Å²) in [6.07, 6.45) is 2.47. The number of amides is 2. The van der Waals surface area contributed by atoms with E-state index in [-0.39, 0.29) is 11.8 Å². The summed E-state index contributed by atoms with van der Waals surface area (Å²) < 4.78 is 5.25. The van der Waals surface area contributed by atoms with Crippen molar-refractivity contribution in [3.8, 4) is 5.75 Å². The van der Waals surface area contributed by atoms with Crippen LogP contribution in [0.1, 0.15) is 37.7 Å². The zero-order valence-corrected chi connectivity index (χ0v) is 17.1. The molecular weight excluding hydrogens is 366 g/mol. The van der Waals surface area contributed by atoms with Crippen molar-refractivity contribution >= 4 is 23.2 Å². The molecule has 29 heavy (non-hydrogen) atoms. The molecule has 1 saturated heterocycles. The Morgan fingerprint density at radius 3 is 2.34 bits per heavy atom. The molecule has 0 saturated carbocycles. The van der Waals surface area contributed by atoms with Gasteiger partial charge in [0.1, 0.15) is 5.75 Å². The zero-order chi connectivity index (χ0) is 20.6. The van der Waals surface area contributed by atoms with Crippen LogP contribution in [0.15, 0.2) is 48.5 Å². The quantitative estimate of drug-likeness (QED) is 0.747. The van der Waals surface area contributed by atoms with Gasteiger partial charge in [0.05, 0.1) is 25.0 Å². The van der Waals surface area contributed by atoms with Gasteiger partial charge in [-0.05, 0) is 49.5 Å². The van der Waals surface area contributed by atoms with Gasteiger partial charge in [0, 0.05) is 12.5 Å². The van der Waals surface area contributed by atoms with Crippen molar-refractivity contribution in [2.45, 2.75) is 32.1 Å². The first-order chi connectivity index (χ1) is 14.1. The number of benzene rings is 2. The van der Waals surface area contributed by atoms with Gasteiger partial charge in [-0.1, -0.05) is 37.3 Å². The highest BCUT2D eigenvalue weighted by Crippen LogP contribution is 2.29. The van der Waals surface area contributed by atoms with Crippen LogP contribution in [0.2, 0.25) is 0 Å². The van der Waals surface area contributed by atoms with E-state index in [0.717, 1.165) is 25.9 Å². The topological polar surface area (TPSA) is 70.7 Å². The van der Waals surface area contributed by atoms with E-state index in [9.17, 15) is 9.59 Å². The van der Waals surface area contributed by atoms with E-state index in [1.54, 1.807) is 32.2 Å². The van der Waals surface area contributed by atoms with E-state index in [1.807, 2.05) is 6.07 Å². The summed E-state index contributed by atoms with van der Waals surface area (Å²) in [5.41, 5.74) is 2.51. The molecule has 0 bridgehead atoms. The lowest BCUT2D eigenvalue weighted by Gasteiger charge is -2.31. The van der Waals surface area contributed by atoms with Gasteiger partial charge in [0.25, 0.3) is 0 Å². The number of carbonyl (C=O) groups is 2. The SMILES string of the molecule is CCC(=O)Nc1ccc(OC)cc1NC(=O)CN1CCC(c2ccccc2)CC1. The van der Waals surface area contributed by atoms with Crippen LogP contribution < -0.4 is 15.4 Å². The number of piperidine rings is 1. The number of methoxy groups -OCH3 is 1. The van der Waals surface area contributed by atoms with Crippen molar-refractivity contribution in [2.24, 2.45) is 0 Å². The van der Waals surface area contributed by atoms with Gasteiger partial charge in [-0.25, -0.2) is 0 Å². The van der Waals surface area contributed by atoms with Crippen molar-refractivity contribution in [1.29, 1.82) is 0 Å². The average molecular weight is 396 g/mol. The molecule has 1 heterocycles. The Bertz CT molecular complexity index is 831. The average Bonchev–Trinajstić information content (AvgIpc) is 2.76. The number of rotatable bonds is 7. The first-order valence-electron chi connectivity index (χ1n) is 10.1. The normalized spacial score (nSPS) is 15.0. The van der Waals surface area contributed by atoms with Gasteiger partial charge < -0.3 is 15.4 Å². The molecule has 3 rings (SSSR count). The molecule has 0 spiro atoms. The molecule has 0 atom stereocenters. The van der Waals surface area contributed by atoms with Crippen LogP contribution in [-0.4, -0.2) is 43.5 Å². The van der Waals surface area contributed by atoms with Crippen molar-refractivity contribution in [2.75, 3.05) is 37.4 Å². The number of nitrogens with zero attached hydrogens (tertiary/aromatic N) is 1. The minimum absolute atomic E-state index is 0.0941. The van der Waals surface area contributed by atoms with Crippen LogP contribution >= 0.6 is 0 Å². The molecule has 0 radical (unpaired) electrons. The van der Waals surface area contributed by atoms with Crippen molar-refractivity contribution in [1.82, 2.24) is 4.90 Å². The predicted octanol–water partition coefficient (Wildman–Crippen LogP) is 3.86. The number of nitrogens with one attached hydrogen (secondary N) is 2. The van der Waals surface area contributed by atoms with Crippen LogP contribution in [0.25, 0.3) is 0 Å². The van der Waals surface area contributed by atoms with Crippen molar-refractivity contribution in [3.63, 3.8) is 0 Å². The van der Waals surface area contributed by atoms with Crippen molar-refractivity contribution in [3.05, 3.63) is 54.1 Å². The second kappa shape index (κ2) is 10.1. The molecule has 2 aromatic rings. The molecule has 6 nitrogen and oxygen atoms in total. The Labute approximate surface area is 172 Å². The molecule has 2 aromatic carbocycles. The highest BCUT2D eigenvalue weighted by Gasteiger charge is 2.22. The standard InChI is InChI=1S/C23H29N3O3/c1-3-22(27)24-20-10-9-19(29-2)15-21(20)25-23(28)16-26-13-11-18(12-14-26)17-7-5-4-6-8-17/h4-10,15,18H,3,11-14,16H2,1-2H3,(H,24,27)(H,25,28). The Kier molecular flexibility index (Phi) is 7.25. The molecule has 2 amide bonds. The van der Waals surface area contributed by atoms with Gasteiger partial charge in [0.2, 0.25) is 11.8 Å². The lowest BCUT2D eigenvalue weighted by atomic mass is 9.89. The first kappa shape index (κ1) is 20.9. The maximum Gasteiger partial charge on any atom is 0.238 e. The fourth-order valence-corrected chi connectivity index (χ4v) is 3.64. The second-order valence-corrected chi connectivity index (χ2v) is 7.32. The summed E-state index contributed by atoms with van der Waals surface area (Å²) in [4.78, 5) is 26.6. The third kappa shape index (κ3) is 5.81. The van der Waals surface area contributed by atoms with Gasteiger partial charge in [-0.15, -0.1) is 0 Å². The lowest BCUT2D eigenvalue weighted by Crippen LogP contribution is -2.38. The minimum atomic E-state index is -0.103. The molecule has 154 valence electrons. The van der Waals surface area contributed by atoms with E-state index < -0.39 is 0 Å². The highest BCUT2D eigenvalue weighted by atomic mass is 16.5. The Balaban J connectivity index is 1.57. The van der Waals surface area contributed by atoms with E-state index >= 15 is 0 Å². The van der Waals surface area contributed by atoms with E-state index in [1.165, 1.54) is 5.56 Å². The fraction of sp³-hybridized carbons (Fsp3) is 0.391. The summed E-state index contributed by atoms with van der Waals surface area (Å²) in [6.45, 7) is 3.91. The van der Waals surface area contributed by atoms with Crippen LogP contribution in [0, 0.1) is 0 Å². The number of hydrogen-bond donors (Lipinski definition) is 2.